The van der Waals surface area contributed by atoms with Gasteiger partial charge in [0, 0.05) is 51.5 Å². The van der Waals surface area contributed by atoms with Crippen molar-refractivity contribution in [3.8, 4) is 0 Å². The first-order valence-electron chi connectivity index (χ1n) is 10.1. The van der Waals surface area contributed by atoms with Crippen LogP contribution >= 0.6 is 23.2 Å². The highest BCUT2D eigenvalue weighted by Gasteiger charge is 2.51. The fourth-order valence-electron chi connectivity index (χ4n) is 4.39. The lowest BCUT2D eigenvalue weighted by molar-refractivity contribution is -0.135. The number of likely N-dealkylation sites (tertiary alicyclic amines) is 2. The van der Waals surface area contributed by atoms with Gasteiger partial charge >= 0.3 is 6.03 Å². The largest absolute Gasteiger partial charge is 0.379 e. The molecule has 3 saturated heterocycles. The zero-order chi connectivity index (χ0) is 20.4. The van der Waals surface area contributed by atoms with Crippen LogP contribution in [0.2, 0.25) is 10.0 Å². The number of nitrogens with zero attached hydrogens (tertiary/aromatic N) is 3. The predicted molar refractivity (Wildman–Crippen MR) is 113 cm³/mol. The van der Waals surface area contributed by atoms with E-state index in [0.29, 0.717) is 35.2 Å². The summed E-state index contributed by atoms with van der Waals surface area (Å²) in [5.74, 6) is 0.190. The zero-order valence-corrected chi connectivity index (χ0v) is 17.8. The summed E-state index contributed by atoms with van der Waals surface area (Å²) < 4.78 is 5.38. The van der Waals surface area contributed by atoms with Gasteiger partial charge in [0.1, 0.15) is 0 Å². The summed E-state index contributed by atoms with van der Waals surface area (Å²) in [5, 5.41) is 3.69. The maximum absolute atomic E-state index is 13.1. The molecule has 3 heterocycles. The Hall–Kier alpha value is -1.54. The number of rotatable bonds is 4. The summed E-state index contributed by atoms with van der Waals surface area (Å²) in [7, 11) is 0. The van der Waals surface area contributed by atoms with Crippen LogP contribution in [0.15, 0.2) is 18.2 Å². The molecule has 1 atom stereocenters. The molecule has 158 valence electrons. The minimum atomic E-state index is -0.431. The smallest absolute Gasteiger partial charge is 0.321 e. The Kier molecular flexibility index (Phi) is 6.20. The van der Waals surface area contributed by atoms with Crippen LogP contribution in [-0.2, 0) is 9.53 Å². The fraction of sp³-hybridized carbons (Fsp3) is 0.600. The molecule has 3 amide bonds. The summed E-state index contributed by atoms with van der Waals surface area (Å²) >= 11 is 11.9. The van der Waals surface area contributed by atoms with Crippen molar-refractivity contribution in [3.63, 3.8) is 0 Å². The fourth-order valence-corrected chi connectivity index (χ4v) is 4.69. The Labute approximate surface area is 180 Å². The summed E-state index contributed by atoms with van der Waals surface area (Å²) in [6.45, 7) is 6.82. The van der Waals surface area contributed by atoms with Gasteiger partial charge in [-0.25, -0.2) is 4.79 Å². The lowest BCUT2D eigenvalue weighted by atomic mass is 9.85. The van der Waals surface area contributed by atoms with Crippen LogP contribution in [-0.4, -0.2) is 85.7 Å². The van der Waals surface area contributed by atoms with Gasteiger partial charge in [0.05, 0.1) is 28.7 Å². The normalized spacial score (nSPS) is 25.2. The number of halogens is 2. The van der Waals surface area contributed by atoms with Crippen molar-refractivity contribution in [2.45, 2.75) is 12.8 Å². The van der Waals surface area contributed by atoms with E-state index in [9.17, 15) is 9.59 Å². The Morgan fingerprint density at radius 2 is 1.83 bits per heavy atom. The van der Waals surface area contributed by atoms with E-state index in [0.717, 1.165) is 52.4 Å². The lowest BCUT2D eigenvalue weighted by Crippen LogP contribution is -2.44. The molecule has 3 aliphatic rings. The Bertz CT molecular complexity index is 787. The number of nitrogens with one attached hydrogen (secondary N) is 1. The molecule has 9 heteroatoms. The maximum atomic E-state index is 13.1. The number of carbonyl (C=O) groups is 2. The zero-order valence-electron chi connectivity index (χ0n) is 16.3. The van der Waals surface area contributed by atoms with E-state index in [4.69, 9.17) is 27.9 Å². The lowest BCUT2D eigenvalue weighted by Gasteiger charge is -2.29. The van der Waals surface area contributed by atoms with Gasteiger partial charge in [-0.15, -0.1) is 0 Å². The number of benzene rings is 1. The van der Waals surface area contributed by atoms with E-state index in [2.05, 4.69) is 10.2 Å². The molecule has 0 radical (unpaired) electrons. The average molecular weight is 441 g/mol. The number of anilines is 1. The number of amides is 3. The van der Waals surface area contributed by atoms with E-state index in [1.165, 1.54) is 0 Å². The predicted octanol–water partition coefficient (Wildman–Crippen LogP) is 2.78. The quantitative estimate of drug-likeness (QED) is 0.781. The van der Waals surface area contributed by atoms with Crippen LogP contribution in [0.4, 0.5) is 10.5 Å². The second-order valence-corrected chi connectivity index (χ2v) is 8.82. The van der Waals surface area contributed by atoms with E-state index in [1.807, 2.05) is 4.90 Å². The molecule has 0 aliphatic carbocycles. The van der Waals surface area contributed by atoms with Crippen molar-refractivity contribution in [1.29, 1.82) is 0 Å². The van der Waals surface area contributed by atoms with Crippen LogP contribution in [0.25, 0.3) is 0 Å². The summed E-state index contributed by atoms with van der Waals surface area (Å²) in [5.41, 5.74) is 0.162. The first-order valence-corrected chi connectivity index (χ1v) is 10.8. The molecule has 4 rings (SSSR count). The van der Waals surface area contributed by atoms with Gasteiger partial charge < -0.3 is 19.9 Å². The molecule has 7 nitrogen and oxygen atoms in total. The van der Waals surface area contributed by atoms with Crippen LogP contribution in [0.5, 0.6) is 0 Å². The molecular weight excluding hydrogens is 415 g/mol. The molecule has 1 N–H and O–H groups in total. The standard InChI is InChI=1S/C20H26Cl2N4O3/c21-16-2-1-15(13-17(16)22)23-19(28)26-6-4-20(14-26)3-5-25(18(20)27)8-7-24-9-11-29-12-10-24/h1-2,13H,3-12,14H2,(H,23,28). The van der Waals surface area contributed by atoms with Gasteiger partial charge in [-0.1, -0.05) is 23.2 Å². The average Bonchev–Trinajstić information content (AvgIpc) is 3.29. The minimum absolute atomic E-state index is 0.190. The van der Waals surface area contributed by atoms with Crippen molar-refractivity contribution in [3.05, 3.63) is 28.2 Å². The number of carbonyl (C=O) groups excluding carboxylic acids is 2. The monoisotopic (exact) mass is 440 g/mol. The second kappa shape index (κ2) is 8.68. The molecule has 1 aromatic carbocycles. The van der Waals surface area contributed by atoms with Crippen molar-refractivity contribution >= 4 is 40.8 Å². The van der Waals surface area contributed by atoms with E-state index < -0.39 is 5.41 Å². The first-order chi connectivity index (χ1) is 14.0. The van der Waals surface area contributed by atoms with E-state index in [1.54, 1.807) is 23.1 Å². The van der Waals surface area contributed by atoms with Gasteiger partial charge in [-0.05, 0) is 31.0 Å². The van der Waals surface area contributed by atoms with Gasteiger partial charge in [-0.3, -0.25) is 9.69 Å². The molecule has 0 saturated carbocycles. The first kappa shape index (κ1) is 20.7. The van der Waals surface area contributed by atoms with Gasteiger partial charge in [0.15, 0.2) is 0 Å². The third-order valence-corrected chi connectivity index (χ3v) is 6.94. The number of urea groups is 1. The molecule has 1 spiro atoms. The van der Waals surface area contributed by atoms with Crippen LogP contribution < -0.4 is 5.32 Å². The number of morpholine rings is 1. The van der Waals surface area contributed by atoms with Crippen LogP contribution in [0, 0.1) is 5.41 Å². The number of ether oxygens (including phenoxy) is 1. The molecule has 0 aromatic heterocycles. The summed E-state index contributed by atoms with van der Waals surface area (Å²) in [4.78, 5) is 31.8. The Morgan fingerprint density at radius 1 is 1.07 bits per heavy atom. The molecule has 1 unspecified atom stereocenters. The third-order valence-electron chi connectivity index (χ3n) is 6.20. The molecule has 29 heavy (non-hydrogen) atoms. The SMILES string of the molecule is O=C(Nc1ccc(Cl)c(Cl)c1)N1CCC2(CCN(CCN3CCOCC3)C2=O)C1. The van der Waals surface area contributed by atoms with Gasteiger partial charge in [0.25, 0.3) is 0 Å². The Morgan fingerprint density at radius 3 is 2.59 bits per heavy atom. The van der Waals surface area contributed by atoms with Crippen LogP contribution in [0.1, 0.15) is 12.8 Å². The molecule has 3 fully saturated rings. The van der Waals surface area contributed by atoms with Crippen molar-refractivity contribution in [2.75, 3.05) is 64.3 Å². The second-order valence-electron chi connectivity index (χ2n) is 8.01. The summed E-state index contributed by atoms with van der Waals surface area (Å²) in [6, 6.07) is 4.78. The Balaban J connectivity index is 1.31. The topological polar surface area (TPSA) is 65.1 Å². The number of hydrogen-bond donors (Lipinski definition) is 1. The van der Waals surface area contributed by atoms with E-state index in [-0.39, 0.29) is 11.9 Å². The van der Waals surface area contributed by atoms with Crippen LogP contribution in [0.3, 0.4) is 0 Å². The summed E-state index contributed by atoms with van der Waals surface area (Å²) in [6.07, 6.45) is 1.53. The highest BCUT2D eigenvalue weighted by molar-refractivity contribution is 6.42. The molecule has 0 bridgehead atoms. The van der Waals surface area contributed by atoms with Crippen molar-refractivity contribution in [2.24, 2.45) is 5.41 Å². The van der Waals surface area contributed by atoms with E-state index >= 15 is 0 Å². The van der Waals surface area contributed by atoms with Crippen molar-refractivity contribution in [1.82, 2.24) is 14.7 Å². The van der Waals surface area contributed by atoms with Crippen molar-refractivity contribution < 1.29 is 14.3 Å². The highest BCUT2D eigenvalue weighted by atomic mass is 35.5. The number of hydrogen-bond acceptors (Lipinski definition) is 4. The third kappa shape index (κ3) is 4.48. The maximum Gasteiger partial charge on any atom is 0.321 e. The molecule has 1 aromatic rings. The molecule has 3 aliphatic heterocycles. The van der Waals surface area contributed by atoms with Gasteiger partial charge in [-0.2, -0.15) is 0 Å². The molecular formula is C20H26Cl2N4O3. The minimum Gasteiger partial charge on any atom is -0.379 e. The van der Waals surface area contributed by atoms with Gasteiger partial charge in [0.2, 0.25) is 5.91 Å². The highest BCUT2D eigenvalue weighted by Crippen LogP contribution is 2.40.